The first kappa shape index (κ1) is 21.1. The van der Waals surface area contributed by atoms with Gasteiger partial charge in [-0.25, -0.2) is 4.52 Å². The molecule has 0 aliphatic heterocycles. The number of fused-ring (bicyclic) bond motifs is 1. The Labute approximate surface area is 182 Å². The quantitative estimate of drug-likeness (QED) is 0.586. The SMILES string of the molecule is Cc1ccc(-c2cc3c(=O)n(CCC(=O)NCCC4=CCCCC4)ccn3n2)cc1C. The van der Waals surface area contributed by atoms with E-state index in [2.05, 4.69) is 42.5 Å². The lowest BCUT2D eigenvalue weighted by atomic mass is 9.97. The van der Waals surface area contributed by atoms with Crippen molar-refractivity contribution in [2.75, 3.05) is 6.54 Å². The Bertz CT molecular complexity index is 1190. The standard InChI is InChI=1S/C25H30N4O2/c1-18-8-9-21(16-19(18)2)22-17-23-25(31)28(14-15-29(23)27-22)13-11-24(30)26-12-10-20-6-4-3-5-7-20/h6,8-9,14-17H,3-5,7,10-13H2,1-2H3,(H,26,30). The maximum absolute atomic E-state index is 12.9. The van der Waals surface area contributed by atoms with Crippen molar-refractivity contribution in [1.29, 1.82) is 0 Å². The Morgan fingerprint density at radius 3 is 2.77 bits per heavy atom. The van der Waals surface area contributed by atoms with E-state index in [1.54, 1.807) is 21.5 Å². The number of allylic oxidation sites excluding steroid dienone is 1. The van der Waals surface area contributed by atoms with Crippen LogP contribution in [0.15, 0.2) is 53.1 Å². The molecular weight excluding hydrogens is 388 g/mol. The highest BCUT2D eigenvalue weighted by molar-refractivity contribution is 5.75. The first-order chi connectivity index (χ1) is 15.0. The molecule has 0 radical (unpaired) electrons. The molecule has 2 aromatic heterocycles. The van der Waals surface area contributed by atoms with E-state index in [9.17, 15) is 9.59 Å². The highest BCUT2D eigenvalue weighted by Crippen LogP contribution is 2.21. The summed E-state index contributed by atoms with van der Waals surface area (Å²) in [6, 6.07) is 8.00. The Hall–Kier alpha value is -3.15. The average molecular weight is 419 g/mol. The number of hydrogen-bond acceptors (Lipinski definition) is 3. The van der Waals surface area contributed by atoms with Crippen LogP contribution >= 0.6 is 0 Å². The minimum absolute atomic E-state index is 0.0208. The number of nitrogens with one attached hydrogen (secondary N) is 1. The van der Waals surface area contributed by atoms with Crippen LogP contribution in [0.25, 0.3) is 16.8 Å². The van der Waals surface area contributed by atoms with Crippen LogP contribution in [-0.2, 0) is 11.3 Å². The Balaban J connectivity index is 1.39. The third-order valence-electron chi connectivity index (χ3n) is 6.14. The molecule has 0 fully saturated rings. The fourth-order valence-electron chi connectivity index (χ4n) is 4.05. The molecule has 31 heavy (non-hydrogen) atoms. The number of benzene rings is 1. The second kappa shape index (κ2) is 9.33. The largest absolute Gasteiger partial charge is 0.356 e. The number of aryl methyl sites for hydroxylation is 3. The van der Waals surface area contributed by atoms with E-state index in [1.807, 2.05) is 12.1 Å². The number of aromatic nitrogens is 3. The molecule has 6 nitrogen and oxygen atoms in total. The van der Waals surface area contributed by atoms with Crippen molar-refractivity contribution in [3.05, 3.63) is 69.8 Å². The summed E-state index contributed by atoms with van der Waals surface area (Å²) in [6.45, 7) is 5.16. The zero-order valence-corrected chi connectivity index (χ0v) is 18.4. The molecule has 1 amide bonds. The van der Waals surface area contributed by atoms with Gasteiger partial charge in [0.05, 0.1) is 5.69 Å². The Morgan fingerprint density at radius 2 is 2.00 bits per heavy atom. The molecule has 6 heteroatoms. The molecule has 2 heterocycles. The lowest BCUT2D eigenvalue weighted by Gasteiger charge is -2.13. The summed E-state index contributed by atoms with van der Waals surface area (Å²) >= 11 is 0. The summed E-state index contributed by atoms with van der Waals surface area (Å²) in [7, 11) is 0. The maximum Gasteiger partial charge on any atom is 0.276 e. The fraction of sp³-hybridized carbons (Fsp3) is 0.400. The predicted octanol–water partition coefficient (Wildman–Crippen LogP) is 4.18. The number of rotatable bonds is 7. The number of amides is 1. The number of carbonyl (C=O) groups excluding carboxylic acids is 1. The van der Waals surface area contributed by atoms with Crippen molar-refractivity contribution in [2.24, 2.45) is 0 Å². The van der Waals surface area contributed by atoms with Crippen molar-refractivity contribution in [3.63, 3.8) is 0 Å². The molecule has 0 bridgehead atoms. The average Bonchev–Trinajstić information content (AvgIpc) is 3.21. The van der Waals surface area contributed by atoms with Crippen LogP contribution in [0.2, 0.25) is 0 Å². The third kappa shape index (κ3) is 4.95. The van der Waals surface area contributed by atoms with Crippen molar-refractivity contribution >= 4 is 11.4 Å². The van der Waals surface area contributed by atoms with Crippen LogP contribution in [0.1, 0.15) is 49.7 Å². The maximum atomic E-state index is 12.9. The smallest absolute Gasteiger partial charge is 0.276 e. The summed E-state index contributed by atoms with van der Waals surface area (Å²) in [6.07, 6.45) is 11.8. The first-order valence-electron chi connectivity index (χ1n) is 11.1. The van der Waals surface area contributed by atoms with Crippen LogP contribution in [0.4, 0.5) is 0 Å². The molecule has 0 atom stereocenters. The van der Waals surface area contributed by atoms with Crippen LogP contribution in [-0.4, -0.2) is 26.6 Å². The van der Waals surface area contributed by atoms with E-state index in [0.717, 1.165) is 30.5 Å². The van der Waals surface area contributed by atoms with Gasteiger partial charge in [0.25, 0.3) is 5.56 Å². The van der Waals surface area contributed by atoms with Gasteiger partial charge in [0.1, 0.15) is 5.52 Å². The molecule has 1 aliphatic rings. The molecule has 1 aromatic carbocycles. The van der Waals surface area contributed by atoms with Crippen LogP contribution in [0.5, 0.6) is 0 Å². The van der Waals surface area contributed by atoms with Crippen molar-refractivity contribution in [1.82, 2.24) is 19.5 Å². The van der Waals surface area contributed by atoms with Gasteiger partial charge >= 0.3 is 0 Å². The van der Waals surface area contributed by atoms with Gasteiger partial charge in [0.2, 0.25) is 5.91 Å². The van der Waals surface area contributed by atoms with Gasteiger partial charge in [-0.3, -0.25) is 9.59 Å². The summed E-state index contributed by atoms with van der Waals surface area (Å²) in [5.41, 5.74) is 6.01. The van der Waals surface area contributed by atoms with Crippen LogP contribution < -0.4 is 10.9 Å². The number of hydrogen-bond donors (Lipinski definition) is 1. The van der Waals surface area contributed by atoms with Gasteiger partial charge in [-0.1, -0.05) is 23.8 Å². The minimum atomic E-state index is -0.134. The molecule has 0 unspecified atom stereocenters. The topological polar surface area (TPSA) is 68.4 Å². The summed E-state index contributed by atoms with van der Waals surface area (Å²) in [5, 5.41) is 7.53. The zero-order chi connectivity index (χ0) is 21.8. The van der Waals surface area contributed by atoms with Gasteiger partial charge in [-0.2, -0.15) is 5.10 Å². The molecule has 162 valence electrons. The van der Waals surface area contributed by atoms with E-state index in [0.29, 0.717) is 18.6 Å². The van der Waals surface area contributed by atoms with Crippen molar-refractivity contribution in [2.45, 2.75) is 58.9 Å². The van der Waals surface area contributed by atoms with Gasteiger partial charge in [-0.05, 0) is 69.2 Å². The molecule has 4 rings (SSSR count). The summed E-state index contributed by atoms with van der Waals surface area (Å²) in [5.74, 6) is -0.0208. The molecule has 0 saturated heterocycles. The van der Waals surface area contributed by atoms with Crippen LogP contribution in [0, 0.1) is 13.8 Å². The lowest BCUT2D eigenvalue weighted by molar-refractivity contribution is -0.121. The summed E-state index contributed by atoms with van der Waals surface area (Å²) < 4.78 is 3.20. The molecule has 1 aliphatic carbocycles. The van der Waals surface area contributed by atoms with Crippen LogP contribution in [0.3, 0.4) is 0 Å². The molecule has 0 saturated carbocycles. The highest BCUT2D eigenvalue weighted by atomic mass is 16.1. The Morgan fingerprint density at radius 1 is 1.13 bits per heavy atom. The molecular formula is C25H30N4O2. The monoisotopic (exact) mass is 418 g/mol. The zero-order valence-electron chi connectivity index (χ0n) is 18.4. The van der Waals surface area contributed by atoms with E-state index in [4.69, 9.17) is 0 Å². The lowest BCUT2D eigenvalue weighted by Crippen LogP contribution is -2.28. The number of carbonyl (C=O) groups is 1. The van der Waals surface area contributed by atoms with Gasteiger partial charge in [0, 0.05) is 37.5 Å². The minimum Gasteiger partial charge on any atom is -0.356 e. The fourth-order valence-corrected chi connectivity index (χ4v) is 4.05. The molecule has 1 N–H and O–H groups in total. The Kier molecular flexibility index (Phi) is 6.35. The van der Waals surface area contributed by atoms with E-state index in [-0.39, 0.29) is 17.9 Å². The third-order valence-corrected chi connectivity index (χ3v) is 6.14. The van der Waals surface area contributed by atoms with E-state index >= 15 is 0 Å². The van der Waals surface area contributed by atoms with E-state index in [1.165, 1.54) is 29.5 Å². The second-order valence-corrected chi connectivity index (χ2v) is 8.41. The molecule has 3 aromatic rings. The normalized spacial score (nSPS) is 13.9. The van der Waals surface area contributed by atoms with Gasteiger partial charge < -0.3 is 9.88 Å². The molecule has 0 spiro atoms. The highest BCUT2D eigenvalue weighted by Gasteiger charge is 2.11. The van der Waals surface area contributed by atoms with Gasteiger partial charge in [0.15, 0.2) is 0 Å². The predicted molar refractivity (Wildman–Crippen MR) is 123 cm³/mol. The summed E-state index contributed by atoms with van der Waals surface area (Å²) in [4.78, 5) is 25.1. The first-order valence-corrected chi connectivity index (χ1v) is 11.1. The second-order valence-electron chi connectivity index (χ2n) is 8.41. The van der Waals surface area contributed by atoms with Gasteiger partial charge in [-0.15, -0.1) is 0 Å². The number of nitrogens with zero attached hydrogens (tertiary/aromatic N) is 3. The van der Waals surface area contributed by atoms with Crippen molar-refractivity contribution < 1.29 is 4.79 Å². The van der Waals surface area contributed by atoms with Crippen molar-refractivity contribution in [3.8, 4) is 11.3 Å². The van der Waals surface area contributed by atoms with E-state index < -0.39 is 0 Å².